The number of nitrogens with zero attached hydrogens (tertiary/aromatic N) is 1. The standard InChI is InChI=1S/C11H22N2OS/c1-3-4-5-10(12)11(14)13(2)9-6-7-15-8-9/h9-10H,3-8,12H2,1-2H3. The molecule has 2 atom stereocenters. The summed E-state index contributed by atoms with van der Waals surface area (Å²) in [5.74, 6) is 2.37. The topological polar surface area (TPSA) is 46.3 Å². The van der Waals surface area contributed by atoms with Crippen molar-refractivity contribution in [2.24, 2.45) is 5.73 Å². The van der Waals surface area contributed by atoms with Gasteiger partial charge >= 0.3 is 0 Å². The van der Waals surface area contributed by atoms with Gasteiger partial charge in [-0.15, -0.1) is 0 Å². The molecule has 4 heteroatoms. The summed E-state index contributed by atoms with van der Waals surface area (Å²) in [5, 5.41) is 0. The van der Waals surface area contributed by atoms with E-state index in [1.54, 1.807) is 0 Å². The Hall–Kier alpha value is -0.220. The van der Waals surface area contributed by atoms with Crippen LogP contribution in [0.25, 0.3) is 0 Å². The van der Waals surface area contributed by atoms with Crippen LogP contribution in [0.15, 0.2) is 0 Å². The fourth-order valence-corrected chi connectivity index (χ4v) is 3.08. The number of hydrogen-bond acceptors (Lipinski definition) is 3. The molecule has 0 radical (unpaired) electrons. The van der Waals surface area contributed by atoms with Crippen LogP contribution in [-0.2, 0) is 4.79 Å². The third-order valence-corrected chi connectivity index (χ3v) is 4.13. The molecule has 0 aromatic heterocycles. The summed E-state index contributed by atoms with van der Waals surface area (Å²) in [6, 6.07) is 0.121. The summed E-state index contributed by atoms with van der Waals surface area (Å²) in [5.41, 5.74) is 5.87. The van der Waals surface area contributed by atoms with E-state index in [0.717, 1.165) is 31.4 Å². The number of carbonyl (C=O) groups excluding carboxylic acids is 1. The first kappa shape index (κ1) is 12.8. The molecule has 2 unspecified atom stereocenters. The van der Waals surface area contributed by atoms with Gasteiger partial charge in [-0.3, -0.25) is 4.79 Å². The molecule has 0 aliphatic carbocycles. The molecule has 0 spiro atoms. The average Bonchev–Trinajstić information content (AvgIpc) is 2.77. The molecule has 88 valence electrons. The Morgan fingerprint density at radius 3 is 2.93 bits per heavy atom. The fourth-order valence-electron chi connectivity index (χ4n) is 1.82. The number of likely N-dealkylation sites (N-methyl/N-ethyl adjacent to an activating group) is 1. The second-order valence-corrected chi connectivity index (χ2v) is 5.37. The second kappa shape index (κ2) is 6.38. The molecule has 0 aromatic carbocycles. The van der Waals surface area contributed by atoms with E-state index in [1.165, 1.54) is 5.75 Å². The number of hydrogen-bond donors (Lipinski definition) is 1. The Labute approximate surface area is 96.8 Å². The molecule has 15 heavy (non-hydrogen) atoms. The highest BCUT2D eigenvalue weighted by molar-refractivity contribution is 7.99. The minimum Gasteiger partial charge on any atom is -0.341 e. The first-order chi connectivity index (χ1) is 7.16. The van der Waals surface area contributed by atoms with Crippen LogP contribution in [0.4, 0.5) is 0 Å². The maximum absolute atomic E-state index is 11.9. The number of unbranched alkanes of at least 4 members (excludes halogenated alkanes) is 1. The van der Waals surface area contributed by atoms with E-state index in [9.17, 15) is 4.79 Å². The Morgan fingerprint density at radius 1 is 1.67 bits per heavy atom. The Bertz CT molecular complexity index is 205. The van der Waals surface area contributed by atoms with Gasteiger partial charge in [0.2, 0.25) is 5.91 Å². The number of amides is 1. The van der Waals surface area contributed by atoms with Gasteiger partial charge in [-0.1, -0.05) is 19.8 Å². The SMILES string of the molecule is CCCCC(N)C(=O)N(C)C1CCSC1. The predicted octanol–water partition coefficient (Wildman–Crippen LogP) is 1.47. The van der Waals surface area contributed by atoms with Gasteiger partial charge < -0.3 is 10.6 Å². The molecule has 0 bridgehead atoms. The van der Waals surface area contributed by atoms with Crippen molar-refractivity contribution in [2.45, 2.75) is 44.7 Å². The van der Waals surface area contributed by atoms with E-state index in [4.69, 9.17) is 5.73 Å². The van der Waals surface area contributed by atoms with Crippen molar-refractivity contribution < 1.29 is 4.79 Å². The lowest BCUT2D eigenvalue weighted by atomic mass is 10.1. The molecule has 1 saturated heterocycles. The predicted molar refractivity (Wildman–Crippen MR) is 66.0 cm³/mol. The maximum atomic E-state index is 11.9. The van der Waals surface area contributed by atoms with E-state index in [2.05, 4.69) is 6.92 Å². The van der Waals surface area contributed by atoms with Gasteiger partial charge in [-0.2, -0.15) is 11.8 Å². The zero-order valence-corrected chi connectivity index (χ0v) is 10.6. The molecule has 1 rings (SSSR count). The highest BCUT2D eigenvalue weighted by Gasteiger charge is 2.26. The summed E-state index contributed by atoms with van der Waals surface area (Å²) < 4.78 is 0. The largest absolute Gasteiger partial charge is 0.341 e. The maximum Gasteiger partial charge on any atom is 0.239 e. The van der Waals surface area contributed by atoms with E-state index in [0.29, 0.717) is 6.04 Å². The van der Waals surface area contributed by atoms with Gasteiger partial charge in [0.15, 0.2) is 0 Å². The molecule has 1 fully saturated rings. The van der Waals surface area contributed by atoms with E-state index in [-0.39, 0.29) is 11.9 Å². The quantitative estimate of drug-likeness (QED) is 0.778. The van der Waals surface area contributed by atoms with Crippen molar-refractivity contribution in [3.8, 4) is 0 Å². The first-order valence-electron chi connectivity index (χ1n) is 5.76. The third-order valence-electron chi connectivity index (χ3n) is 2.99. The van der Waals surface area contributed by atoms with Crippen molar-refractivity contribution in [1.29, 1.82) is 0 Å². The summed E-state index contributed by atoms with van der Waals surface area (Å²) in [7, 11) is 1.89. The molecular formula is C11H22N2OS. The first-order valence-corrected chi connectivity index (χ1v) is 6.92. The molecule has 1 aliphatic heterocycles. The van der Waals surface area contributed by atoms with Crippen LogP contribution in [0.1, 0.15) is 32.6 Å². The lowest BCUT2D eigenvalue weighted by Crippen LogP contribution is -2.46. The number of thioether (sulfide) groups is 1. The number of carbonyl (C=O) groups is 1. The van der Waals surface area contributed by atoms with Crippen molar-refractivity contribution in [2.75, 3.05) is 18.6 Å². The van der Waals surface area contributed by atoms with Crippen LogP contribution in [0.2, 0.25) is 0 Å². The van der Waals surface area contributed by atoms with Gasteiger partial charge in [0.05, 0.1) is 6.04 Å². The van der Waals surface area contributed by atoms with Crippen molar-refractivity contribution >= 4 is 17.7 Å². The normalized spacial score (nSPS) is 22.7. The highest BCUT2D eigenvalue weighted by atomic mass is 32.2. The lowest BCUT2D eigenvalue weighted by Gasteiger charge is -2.26. The second-order valence-electron chi connectivity index (χ2n) is 4.22. The van der Waals surface area contributed by atoms with Crippen LogP contribution < -0.4 is 5.73 Å². The van der Waals surface area contributed by atoms with Crippen LogP contribution in [0, 0.1) is 0 Å². The Balaban J connectivity index is 2.36. The van der Waals surface area contributed by atoms with Gasteiger partial charge in [0.1, 0.15) is 0 Å². The molecule has 1 heterocycles. The zero-order chi connectivity index (χ0) is 11.3. The lowest BCUT2D eigenvalue weighted by molar-refractivity contribution is -0.133. The molecule has 1 amide bonds. The minimum absolute atomic E-state index is 0.121. The van der Waals surface area contributed by atoms with E-state index < -0.39 is 0 Å². The average molecular weight is 230 g/mol. The number of nitrogens with two attached hydrogens (primary N) is 1. The summed E-state index contributed by atoms with van der Waals surface area (Å²) in [4.78, 5) is 13.8. The van der Waals surface area contributed by atoms with Gasteiger partial charge in [-0.25, -0.2) is 0 Å². The van der Waals surface area contributed by atoms with Crippen LogP contribution in [-0.4, -0.2) is 41.4 Å². The molecule has 3 nitrogen and oxygen atoms in total. The minimum atomic E-state index is -0.291. The van der Waals surface area contributed by atoms with Crippen LogP contribution in [0.3, 0.4) is 0 Å². The van der Waals surface area contributed by atoms with Gasteiger partial charge in [0, 0.05) is 18.8 Å². The number of rotatable bonds is 5. The van der Waals surface area contributed by atoms with E-state index in [1.807, 2.05) is 23.7 Å². The Kier molecular flexibility index (Phi) is 5.47. The van der Waals surface area contributed by atoms with Crippen LogP contribution in [0.5, 0.6) is 0 Å². The third kappa shape index (κ3) is 3.68. The monoisotopic (exact) mass is 230 g/mol. The summed E-state index contributed by atoms with van der Waals surface area (Å²) >= 11 is 1.92. The summed E-state index contributed by atoms with van der Waals surface area (Å²) in [6.45, 7) is 2.12. The molecule has 0 aromatic rings. The molecule has 1 aliphatic rings. The van der Waals surface area contributed by atoms with Crippen LogP contribution >= 0.6 is 11.8 Å². The van der Waals surface area contributed by atoms with Gasteiger partial charge in [0.25, 0.3) is 0 Å². The van der Waals surface area contributed by atoms with E-state index >= 15 is 0 Å². The fraction of sp³-hybridized carbons (Fsp3) is 0.909. The zero-order valence-electron chi connectivity index (χ0n) is 9.74. The summed E-state index contributed by atoms with van der Waals surface area (Å²) in [6.07, 6.45) is 4.08. The van der Waals surface area contributed by atoms with Crippen molar-refractivity contribution in [3.05, 3.63) is 0 Å². The molecular weight excluding hydrogens is 208 g/mol. The molecule has 2 N–H and O–H groups in total. The highest BCUT2D eigenvalue weighted by Crippen LogP contribution is 2.21. The van der Waals surface area contributed by atoms with Crippen molar-refractivity contribution in [3.63, 3.8) is 0 Å². The Morgan fingerprint density at radius 2 is 2.40 bits per heavy atom. The van der Waals surface area contributed by atoms with Gasteiger partial charge in [-0.05, 0) is 18.6 Å². The molecule has 0 saturated carbocycles. The van der Waals surface area contributed by atoms with Crippen molar-refractivity contribution in [1.82, 2.24) is 4.90 Å². The smallest absolute Gasteiger partial charge is 0.239 e.